The molecule has 0 saturated carbocycles. The Morgan fingerprint density at radius 1 is 1.44 bits per heavy atom. The van der Waals surface area contributed by atoms with Crippen molar-refractivity contribution in [2.24, 2.45) is 11.8 Å². The molecule has 0 amide bonds. The number of hydrogen-bond donors (Lipinski definition) is 1. The molecule has 0 spiro atoms. The van der Waals surface area contributed by atoms with E-state index in [0.717, 1.165) is 5.56 Å². The average molecular weight is 250 g/mol. The molecule has 0 heterocycles. The first-order valence-electron chi connectivity index (χ1n) is 6.01. The Hall–Kier alpha value is -1.60. The monoisotopic (exact) mass is 250 g/mol. The average Bonchev–Trinajstić information content (AvgIpc) is 2.34. The van der Waals surface area contributed by atoms with E-state index in [-0.39, 0.29) is 11.7 Å². The van der Waals surface area contributed by atoms with E-state index < -0.39 is 0 Å². The first-order valence-corrected chi connectivity index (χ1v) is 6.01. The molecule has 0 fully saturated rings. The minimum atomic E-state index is -0.284. The third-order valence-electron chi connectivity index (χ3n) is 2.89. The number of hydrogen-bond acceptors (Lipinski definition) is 3. The Labute approximate surface area is 108 Å². The second-order valence-electron chi connectivity index (χ2n) is 4.57. The van der Waals surface area contributed by atoms with Crippen molar-refractivity contribution >= 4 is 0 Å². The van der Waals surface area contributed by atoms with Gasteiger partial charge in [-0.05, 0) is 24.1 Å². The highest BCUT2D eigenvalue weighted by Crippen LogP contribution is 2.19. The lowest BCUT2D eigenvalue weighted by atomic mass is 9.97. The van der Waals surface area contributed by atoms with Gasteiger partial charge in [-0.3, -0.25) is 0 Å². The fourth-order valence-corrected chi connectivity index (χ4v) is 1.68. The second-order valence-corrected chi connectivity index (χ2v) is 4.57. The number of ether oxygens (including phenoxy) is 1. The molecule has 0 saturated heterocycles. The van der Waals surface area contributed by atoms with E-state index in [1.807, 2.05) is 13.8 Å². The number of nitrogens with one attached hydrogen (secondary N) is 1. The van der Waals surface area contributed by atoms with Crippen LogP contribution in [0.15, 0.2) is 18.2 Å². The molecule has 0 aliphatic carbocycles. The van der Waals surface area contributed by atoms with Crippen molar-refractivity contribution in [2.75, 3.05) is 13.7 Å². The Kier molecular flexibility index (Phi) is 5.60. The van der Waals surface area contributed by atoms with Crippen molar-refractivity contribution in [3.63, 3.8) is 0 Å². The van der Waals surface area contributed by atoms with Gasteiger partial charge in [-0.15, -0.1) is 0 Å². The van der Waals surface area contributed by atoms with E-state index in [0.29, 0.717) is 24.8 Å². The Balaban J connectivity index is 2.58. The summed E-state index contributed by atoms with van der Waals surface area (Å²) < 4.78 is 18.3. The standard InChI is InChI=1S/C14H19FN2O/c1-10(2)12(7-16)9-17-8-11-6-13(15)4-5-14(11)18-3/h4-6,10,12,17H,8-9H2,1-3H3. The van der Waals surface area contributed by atoms with Crippen molar-refractivity contribution in [2.45, 2.75) is 20.4 Å². The summed E-state index contributed by atoms with van der Waals surface area (Å²) in [6.07, 6.45) is 0. The maximum absolute atomic E-state index is 13.1. The number of methoxy groups -OCH3 is 1. The summed E-state index contributed by atoms with van der Waals surface area (Å²) in [5.74, 6) is 0.636. The lowest BCUT2D eigenvalue weighted by Crippen LogP contribution is -2.25. The summed E-state index contributed by atoms with van der Waals surface area (Å²) in [7, 11) is 1.56. The van der Waals surface area contributed by atoms with Gasteiger partial charge in [-0.2, -0.15) is 5.26 Å². The molecule has 0 aliphatic heterocycles. The van der Waals surface area contributed by atoms with Gasteiger partial charge in [0.05, 0.1) is 19.1 Å². The van der Waals surface area contributed by atoms with Crippen LogP contribution in [0, 0.1) is 29.0 Å². The molecule has 0 aliphatic rings. The van der Waals surface area contributed by atoms with Crippen molar-refractivity contribution in [3.05, 3.63) is 29.6 Å². The van der Waals surface area contributed by atoms with Gasteiger partial charge < -0.3 is 10.1 Å². The zero-order chi connectivity index (χ0) is 13.5. The Morgan fingerprint density at radius 3 is 2.72 bits per heavy atom. The number of halogens is 1. The summed E-state index contributed by atoms with van der Waals surface area (Å²) in [5.41, 5.74) is 0.762. The summed E-state index contributed by atoms with van der Waals surface area (Å²) in [4.78, 5) is 0. The molecule has 3 nitrogen and oxygen atoms in total. The van der Waals surface area contributed by atoms with Gasteiger partial charge in [0, 0.05) is 18.7 Å². The predicted octanol–water partition coefficient (Wildman–Crippen LogP) is 2.72. The van der Waals surface area contributed by atoms with Crippen LogP contribution in [0.25, 0.3) is 0 Å². The van der Waals surface area contributed by atoms with Gasteiger partial charge in [-0.1, -0.05) is 13.8 Å². The number of nitriles is 1. The summed E-state index contributed by atoms with van der Waals surface area (Å²) >= 11 is 0. The topological polar surface area (TPSA) is 45.0 Å². The van der Waals surface area contributed by atoms with E-state index in [4.69, 9.17) is 10.00 Å². The third-order valence-corrected chi connectivity index (χ3v) is 2.89. The van der Waals surface area contributed by atoms with Crippen LogP contribution in [0.2, 0.25) is 0 Å². The van der Waals surface area contributed by atoms with E-state index in [1.165, 1.54) is 12.1 Å². The van der Waals surface area contributed by atoms with Crippen molar-refractivity contribution < 1.29 is 9.13 Å². The van der Waals surface area contributed by atoms with E-state index >= 15 is 0 Å². The largest absolute Gasteiger partial charge is 0.496 e. The van der Waals surface area contributed by atoms with Gasteiger partial charge in [0.25, 0.3) is 0 Å². The van der Waals surface area contributed by atoms with Crippen LogP contribution in [0.5, 0.6) is 5.75 Å². The van der Waals surface area contributed by atoms with Gasteiger partial charge in [0.2, 0.25) is 0 Å². The summed E-state index contributed by atoms with van der Waals surface area (Å²) in [5, 5.41) is 12.1. The highest BCUT2D eigenvalue weighted by molar-refractivity contribution is 5.33. The molecule has 0 radical (unpaired) electrons. The van der Waals surface area contributed by atoms with Crippen LogP contribution in [0.4, 0.5) is 4.39 Å². The van der Waals surface area contributed by atoms with E-state index in [9.17, 15) is 4.39 Å². The molecular weight excluding hydrogens is 231 g/mol. The fraction of sp³-hybridized carbons (Fsp3) is 0.500. The lowest BCUT2D eigenvalue weighted by molar-refractivity contribution is 0.401. The van der Waals surface area contributed by atoms with Gasteiger partial charge in [-0.25, -0.2) is 4.39 Å². The molecular formula is C14H19FN2O. The predicted molar refractivity (Wildman–Crippen MR) is 68.6 cm³/mol. The number of nitrogens with zero attached hydrogens (tertiary/aromatic N) is 1. The van der Waals surface area contributed by atoms with Crippen LogP contribution >= 0.6 is 0 Å². The third kappa shape index (κ3) is 4.01. The number of benzene rings is 1. The van der Waals surface area contributed by atoms with Crippen molar-refractivity contribution in [3.8, 4) is 11.8 Å². The SMILES string of the molecule is COc1ccc(F)cc1CNCC(C#N)C(C)C. The van der Waals surface area contributed by atoms with Gasteiger partial charge in [0.1, 0.15) is 11.6 Å². The molecule has 0 aromatic heterocycles. The van der Waals surface area contributed by atoms with Crippen LogP contribution in [-0.4, -0.2) is 13.7 Å². The zero-order valence-corrected chi connectivity index (χ0v) is 11.0. The maximum atomic E-state index is 13.1. The fourth-order valence-electron chi connectivity index (χ4n) is 1.68. The molecule has 0 bridgehead atoms. The normalized spacial score (nSPS) is 12.2. The van der Waals surface area contributed by atoms with Crippen molar-refractivity contribution in [1.29, 1.82) is 5.26 Å². The molecule has 18 heavy (non-hydrogen) atoms. The summed E-state index contributed by atoms with van der Waals surface area (Å²) in [6.45, 7) is 5.11. The smallest absolute Gasteiger partial charge is 0.123 e. The molecule has 1 unspecified atom stereocenters. The Morgan fingerprint density at radius 2 is 2.17 bits per heavy atom. The molecule has 1 aromatic carbocycles. The summed E-state index contributed by atoms with van der Waals surface area (Å²) in [6, 6.07) is 6.68. The molecule has 1 rings (SSSR count). The van der Waals surface area contributed by atoms with Crippen molar-refractivity contribution in [1.82, 2.24) is 5.32 Å². The minimum Gasteiger partial charge on any atom is -0.496 e. The second kappa shape index (κ2) is 6.97. The van der Waals surface area contributed by atoms with Crippen LogP contribution in [0.1, 0.15) is 19.4 Å². The number of rotatable bonds is 6. The highest BCUT2D eigenvalue weighted by atomic mass is 19.1. The van der Waals surface area contributed by atoms with Gasteiger partial charge >= 0.3 is 0 Å². The minimum absolute atomic E-state index is 0.0374. The molecule has 98 valence electrons. The highest BCUT2D eigenvalue weighted by Gasteiger charge is 2.12. The molecule has 1 N–H and O–H groups in total. The van der Waals surface area contributed by atoms with Crippen LogP contribution in [-0.2, 0) is 6.54 Å². The van der Waals surface area contributed by atoms with Crippen LogP contribution in [0.3, 0.4) is 0 Å². The Bertz CT molecular complexity index is 426. The molecule has 4 heteroatoms. The maximum Gasteiger partial charge on any atom is 0.123 e. The van der Waals surface area contributed by atoms with Crippen LogP contribution < -0.4 is 10.1 Å². The first-order chi connectivity index (χ1) is 8.58. The molecule has 1 aromatic rings. The molecule has 1 atom stereocenters. The van der Waals surface area contributed by atoms with Gasteiger partial charge in [0.15, 0.2) is 0 Å². The first kappa shape index (κ1) is 14.5. The lowest BCUT2D eigenvalue weighted by Gasteiger charge is -2.14. The quantitative estimate of drug-likeness (QED) is 0.844. The zero-order valence-electron chi connectivity index (χ0n) is 11.0. The van der Waals surface area contributed by atoms with E-state index in [1.54, 1.807) is 13.2 Å². The van der Waals surface area contributed by atoms with E-state index in [2.05, 4.69) is 11.4 Å².